The molecule has 0 unspecified atom stereocenters. The van der Waals surface area contributed by atoms with Crippen molar-refractivity contribution in [1.29, 1.82) is 0 Å². The molecule has 1 aliphatic rings. The van der Waals surface area contributed by atoms with E-state index in [4.69, 9.17) is 4.74 Å². The topological polar surface area (TPSA) is 101 Å². The van der Waals surface area contributed by atoms with E-state index in [1.807, 2.05) is 33.4 Å². The van der Waals surface area contributed by atoms with Crippen molar-refractivity contribution in [2.45, 2.75) is 51.7 Å². The van der Waals surface area contributed by atoms with Gasteiger partial charge in [-0.15, -0.1) is 0 Å². The van der Waals surface area contributed by atoms with Crippen molar-refractivity contribution < 1.29 is 9.53 Å². The van der Waals surface area contributed by atoms with E-state index in [9.17, 15) is 14.4 Å². The molecular formula is C24H25N5O4. The van der Waals surface area contributed by atoms with Crippen molar-refractivity contribution in [2.75, 3.05) is 6.61 Å². The minimum atomic E-state index is -0.311. The van der Waals surface area contributed by atoms with Crippen LogP contribution in [0.1, 0.15) is 44.5 Å². The number of esters is 1. The molecule has 0 amide bonds. The van der Waals surface area contributed by atoms with Crippen molar-refractivity contribution in [3.63, 3.8) is 0 Å². The first-order valence-corrected chi connectivity index (χ1v) is 11.2. The lowest BCUT2D eigenvalue weighted by molar-refractivity contribution is -0.141. The van der Waals surface area contributed by atoms with Crippen molar-refractivity contribution >= 4 is 27.9 Å². The number of aromatic nitrogens is 5. The summed E-state index contributed by atoms with van der Waals surface area (Å²) in [4.78, 5) is 45.7. The van der Waals surface area contributed by atoms with Crippen LogP contribution in [-0.2, 0) is 22.6 Å². The number of hydrogen-bond donors (Lipinski definition) is 0. The van der Waals surface area contributed by atoms with E-state index in [1.165, 1.54) is 6.92 Å². The number of rotatable bonds is 8. The molecule has 0 spiro atoms. The maximum atomic E-state index is 13.3. The van der Waals surface area contributed by atoms with E-state index in [2.05, 4.69) is 9.97 Å². The molecule has 0 aliphatic heterocycles. The Morgan fingerprint density at radius 3 is 2.67 bits per heavy atom. The highest BCUT2D eigenvalue weighted by atomic mass is 16.5. The number of ether oxygens (including phenoxy) is 1. The Labute approximate surface area is 189 Å². The zero-order valence-electron chi connectivity index (χ0n) is 18.4. The molecule has 9 heteroatoms. The van der Waals surface area contributed by atoms with Crippen LogP contribution < -0.4 is 11.2 Å². The van der Waals surface area contributed by atoms with Crippen molar-refractivity contribution in [2.24, 2.45) is 0 Å². The lowest BCUT2D eigenvalue weighted by Crippen LogP contribution is -2.28. The second kappa shape index (κ2) is 8.65. The smallest absolute Gasteiger partial charge is 0.329 e. The summed E-state index contributed by atoms with van der Waals surface area (Å²) in [6.07, 6.45) is 6.78. The molecule has 1 aliphatic carbocycles. The average Bonchev–Trinajstić information content (AvgIpc) is 3.60. The molecule has 5 rings (SSSR count). The molecule has 0 N–H and O–H groups in total. The highest BCUT2D eigenvalue weighted by Gasteiger charge is 2.29. The predicted molar refractivity (Wildman–Crippen MR) is 123 cm³/mol. The first-order valence-electron chi connectivity index (χ1n) is 11.2. The van der Waals surface area contributed by atoms with Gasteiger partial charge < -0.3 is 9.30 Å². The van der Waals surface area contributed by atoms with E-state index in [-0.39, 0.29) is 29.8 Å². The number of unbranched alkanes of at least 4 members (excludes halogenated alkanes) is 1. The Balaban J connectivity index is 1.56. The Kier molecular flexibility index (Phi) is 5.53. The minimum Gasteiger partial charge on any atom is -0.466 e. The molecule has 3 heterocycles. The van der Waals surface area contributed by atoms with E-state index in [0.29, 0.717) is 30.8 Å². The fourth-order valence-electron chi connectivity index (χ4n) is 4.33. The quantitative estimate of drug-likeness (QED) is 0.304. The molecule has 0 saturated heterocycles. The van der Waals surface area contributed by atoms with Crippen LogP contribution in [0.5, 0.6) is 0 Å². The van der Waals surface area contributed by atoms with Crippen LogP contribution in [0.4, 0.5) is 0 Å². The van der Waals surface area contributed by atoms with Gasteiger partial charge in [-0.25, -0.2) is 4.79 Å². The Morgan fingerprint density at radius 2 is 1.88 bits per heavy atom. The SMILES string of the molecule is CC(=O)OCCCCn1c(Cn2c(=O)n(C3CC3)c3ccncc32)nc(=O)c2ccccc21. The molecule has 0 bridgehead atoms. The van der Waals surface area contributed by atoms with Gasteiger partial charge in [0.25, 0.3) is 5.56 Å². The molecular weight excluding hydrogens is 422 g/mol. The first kappa shape index (κ1) is 21.1. The minimum absolute atomic E-state index is 0.107. The molecule has 0 radical (unpaired) electrons. The number of imidazole rings is 1. The molecule has 1 aromatic carbocycles. The molecule has 1 fully saturated rings. The molecule has 33 heavy (non-hydrogen) atoms. The van der Waals surface area contributed by atoms with Gasteiger partial charge >= 0.3 is 11.7 Å². The molecule has 1 saturated carbocycles. The second-order valence-corrected chi connectivity index (χ2v) is 8.38. The van der Waals surface area contributed by atoms with Crippen LogP contribution in [-0.4, -0.2) is 36.2 Å². The lowest BCUT2D eigenvalue weighted by Gasteiger charge is -2.16. The van der Waals surface area contributed by atoms with Gasteiger partial charge in [-0.1, -0.05) is 12.1 Å². The number of nitrogens with zero attached hydrogens (tertiary/aromatic N) is 5. The van der Waals surface area contributed by atoms with Gasteiger partial charge in [0.2, 0.25) is 0 Å². The molecule has 3 aromatic heterocycles. The third-order valence-electron chi connectivity index (χ3n) is 6.03. The highest BCUT2D eigenvalue weighted by molar-refractivity contribution is 5.78. The highest BCUT2D eigenvalue weighted by Crippen LogP contribution is 2.36. The fourth-order valence-corrected chi connectivity index (χ4v) is 4.33. The third-order valence-corrected chi connectivity index (χ3v) is 6.03. The number of para-hydroxylation sites is 1. The Morgan fingerprint density at radius 1 is 1.06 bits per heavy atom. The lowest BCUT2D eigenvalue weighted by atomic mass is 10.2. The van der Waals surface area contributed by atoms with Gasteiger partial charge in [-0.3, -0.25) is 23.7 Å². The molecule has 170 valence electrons. The van der Waals surface area contributed by atoms with Gasteiger partial charge in [-0.2, -0.15) is 4.98 Å². The molecule has 9 nitrogen and oxygen atoms in total. The summed E-state index contributed by atoms with van der Waals surface area (Å²) in [5, 5.41) is 0.538. The summed E-state index contributed by atoms with van der Waals surface area (Å²) in [5.41, 5.74) is 1.95. The van der Waals surface area contributed by atoms with Crippen LogP contribution in [0.25, 0.3) is 21.9 Å². The number of pyridine rings is 1. The first-order chi connectivity index (χ1) is 16.0. The normalized spacial score (nSPS) is 13.6. The van der Waals surface area contributed by atoms with E-state index < -0.39 is 0 Å². The summed E-state index contributed by atoms with van der Waals surface area (Å²) in [5.74, 6) is 0.221. The van der Waals surface area contributed by atoms with Crippen molar-refractivity contribution in [1.82, 2.24) is 23.7 Å². The average molecular weight is 447 g/mol. The number of carbonyl (C=O) groups excluding carboxylic acids is 1. The monoisotopic (exact) mass is 447 g/mol. The molecule has 4 aromatic rings. The van der Waals surface area contributed by atoms with Gasteiger partial charge in [-0.05, 0) is 43.9 Å². The van der Waals surface area contributed by atoms with Gasteiger partial charge in [0.15, 0.2) is 0 Å². The van der Waals surface area contributed by atoms with Crippen LogP contribution in [0, 0.1) is 0 Å². The van der Waals surface area contributed by atoms with Gasteiger partial charge in [0.05, 0.1) is 41.3 Å². The summed E-state index contributed by atoms with van der Waals surface area (Å²) in [6, 6.07) is 9.44. The molecule has 0 atom stereocenters. The van der Waals surface area contributed by atoms with Crippen molar-refractivity contribution in [3.05, 3.63) is 69.4 Å². The summed E-state index contributed by atoms with van der Waals surface area (Å²) in [7, 11) is 0. The van der Waals surface area contributed by atoms with E-state index >= 15 is 0 Å². The maximum Gasteiger partial charge on any atom is 0.329 e. The predicted octanol–water partition coefficient (Wildman–Crippen LogP) is 2.63. The summed E-state index contributed by atoms with van der Waals surface area (Å²) >= 11 is 0. The number of hydrogen-bond acceptors (Lipinski definition) is 6. The van der Waals surface area contributed by atoms with E-state index in [1.54, 1.807) is 23.0 Å². The van der Waals surface area contributed by atoms with Gasteiger partial charge in [0.1, 0.15) is 5.82 Å². The van der Waals surface area contributed by atoms with Crippen LogP contribution in [0.15, 0.2) is 52.3 Å². The van der Waals surface area contributed by atoms with Crippen LogP contribution in [0.3, 0.4) is 0 Å². The number of aryl methyl sites for hydroxylation is 1. The van der Waals surface area contributed by atoms with E-state index in [0.717, 1.165) is 35.8 Å². The van der Waals surface area contributed by atoms with Crippen molar-refractivity contribution in [3.8, 4) is 0 Å². The second-order valence-electron chi connectivity index (χ2n) is 8.38. The maximum absolute atomic E-state index is 13.3. The number of carbonyl (C=O) groups is 1. The number of benzene rings is 1. The Hall–Kier alpha value is -3.75. The largest absolute Gasteiger partial charge is 0.466 e. The Bertz CT molecular complexity index is 1460. The zero-order chi connectivity index (χ0) is 22.9. The van der Waals surface area contributed by atoms with Crippen LogP contribution >= 0.6 is 0 Å². The standard InChI is InChI=1S/C24H25N5O4/c1-16(30)33-13-5-4-12-27-19-7-3-2-6-18(19)23(31)26-22(27)15-28-21-14-25-11-10-20(21)29(24(28)32)17-8-9-17/h2-3,6-7,10-11,14,17H,4-5,8-9,12-13,15H2,1H3. The number of fused-ring (bicyclic) bond motifs is 2. The van der Waals surface area contributed by atoms with Crippen LogP contribution in [0.2, 0.25) is 0 Å². The zero-order valence-corrected chi connectivity index (χ0v) is 18.4. The third kappa shape index (κ3) is 4.06. The fraction of sp³-hybridized carbons (Fsp3) is 0.375. The summed E-state index contributed by atoms with van der Waals surface area (Å²) < 4.78 is 10.5. The van der Waals surface area contributed by atoms with Gasteiger partial charge in [0, 0.05) is 25.7 Å². The summed E-state index contributed by atoms with van der Waals surface area (Å²) in [6.45, 7) is 2.49.